The van der Waals surface area contributed by atoms with Crippen molar-refractivity contribution in [2.75, 3.05) is 0 Å². The number of hydrogen-bond acceptors (Lipinski definition) is 2. The summed E-state index contributed by atoms with van der Waals surface area (Å²) in [7, 11) is 0. The molecule has 0 aliphatic heterocycles. The molecule has 1 aromatic heterocycles. The Balaban J connectivity index is 2.57. The standard InChI is InChI=1S/C13H10FNO/c1-9-4-5-15-7-12(9)11-3-2-10(8-16)6-13(11)14/h2-8H,1H3. The van der Waals surface area contributed by atoms with E-state index in [0.717, 1.165) is 11.1 Å². The second kappa shape index (κ2) is 4.23. The van der Waals surface area contributed by atoms with Crippen molar-refractivity contribution in [3.63, 3.8) is 0 Å². The summed E-state index contributed by atoms with van der Waals surface area (Å²) in [5, 5.41) is 0. The number of aromatic nitrogens is 1. The molecule has 0 unspecified atom stereocenters. The number of benzene rings is 1. The van der Waals surface area contributed by atoms with E-state index in [2.05, 4.69) is 4.98 Å². The SMILES string of the molecule is Cc1ccncc1-c1ccc(C=O)cc1F. The molecule has 2 aromatic rings. The zero-order valence-corrected chi connectivity index (χ0v) is 8.77. The summed E-state index contributed by atoms with van der Waals surface area (Å²) in [5.74, 6) is -0.402. The molecular weight excluding hydrogens is 205 g/mol. The van der Waals surface area contributed by atoms with Crippen molar-refractivity contribution in [2.45, 2.75) is 6.92 Å². The Bertz CT molecular complexity index is 537. The van der Waals surface area contributed by atoms with Crippen molar-refractivity contribution in [3.8, 4) is 11.1 Å². The maximum atomic E-state index is 13.7. The van der Waals surface area contributed by atoms with Gasteiger partial charge in [0.25, 0.3) is 0 Å². The van der Waals surface area contributed by atoms with Crippen LogP contribution in [0, 0.1) is 12.7 Å². The fourth-order valence-electron chi connectivity index (χ4n) is 1.57. The molecular formula is C13H10FNO. The fourth-order valence-corrected chi connectivity index (χ4v) is 1.57. The molecule has 0 spiro atoms. The summed E-state index contributed by atoms with van der Waals surface area (Å²) in [6, 6.07) is 6.25. The molecule has 0 saturated heterocycles. The molecule has 0 amide bonds. The predicted molar refractivity (Wildman–Crippen MR) is 59.8 cm³/mol. The third-order valence-corrected chi connectivity index (χ3v) is 2.46. The number of rotatable bonds is 2. The van der Waals surface area contributed by atoms with Crippen LogP contribution >= 0.6 is 0 Å². The van der Waals surface area contributed by atoms with Gasteiger partial charge in [-0.3, -0.25) is 9.78 Å². The molecule has 3 heteroatoms. The summed E-state index contributed by atoms with van der Waals surface area (Å²) in [5.41, 5.74) is 2.50. The highest BCUT2D eigenvalue weighted by Crippen LogP contribution is 2.25. The van der Waals surface area contributed by atoms with Gasteiger partial charge in [-0.05, 0) is 24.6 Å². The van der Waals surface area contributed by atoms with Crippen molar-refractivity contribution < 1.29 is 9.18 Å². The third kappa shape index (κ3) is 1.84. The highest BCUT2D eigenvalue weighted by Gasteiger charge is 2.08. The Labute approximate surface area is 92.8 Å². The highest BCUT2D eigenvalue weighted by atomic mass is 19.1. The first-order chi connectivity index (χ1) is 7.72. The summed E-state index contributed by atoms with van der Waals surface area (Å²) >= 11 is 0. The summed E-state index contributed by atoms with van der Waals surface area (Å²) in [6.45, 7) is 1.89. The van der Waals surface area contributed by atoms with Gasteiger partial charge < -0.3 is 0 Å². The van der Waals surface area contributed by atoms with Crippen LogP contribution in [0.1, 0.15) is 15.9 Å². The van der Waals surface area contributed by atoms with E-state index in [1.807, 2.05) is 13.0 Å². The molecule has 0 saturated carbocycles. The largest absolute Gasteiger partial charge is 0.298 e. The second-order valence-electron chi connectivity index (χ2n) is 3.55. The molecule has 2 nitrogen and oxygen atoms in total. The number of carbonyl (C=O) groups is 1. The van der Waals surface area contributed by atoms with Gasteiger partial charge in [-0.1, -0.05) is 12.1 Å². The number of carbonyl (C=O) groups excluding carboxylic acids is 1. The number of halogens is 1. The van der Waals surface area contributed by atoms with Gasteiger partial charge in [-0.25, -0.2) is 4.39 Å². The summed E-state index contributed by atoms with van der Waals surface area (Å²) in [6.07, 6.45) is 3.91. The van der Waals surface area contributed by atoms with Crippen LogP contribution in [0.25, 0.3) is 11.1 Å². The van der Waals surface area contributed by atoms with E-state index >= 15 is 0 Å². The van der Waals surface area contributed by atoms with Gasteiger partial charge in [0.1, 0.15) is 12.1 Å². The van der Waals surface area contributed by atoms with E-state index in [9.17, 15) is 9.18 Å². The minimum Gasteiger partial charge on any atom is -0.298 e. The van der Waals surface area contributed by atoms with Crippen molar-refractivity contribution in [2.24, 2.45) is 0 Å². The minimum absolute atomic E-state index is 0.336. The number of pyridine rings is 1. The quantitative estimate of drug-likeness (QED) is 0.721. The maximum absolute atomic E-state index is 13.7. The Hall–Kier alpha value is -2.03. The first-order valence-corrected chi connectivity index (χ1v) is 4.88. The van der Waals surface area contributed by atoms with Gasteiger partial charge in [-0.2, -0.15) is 0 Å². The molecule has 2 rings (SSSR count). The minimum atomic E-state index is -0.402. The smallest absolute Gasteiger partial charge is 0.150 e. The number of nitrogens with zero attached hydrogens (tertiary/aromatic N) is 1. The molecule has 0 aliphatic rings. The van der Waals surface area contributed by atoms with Gasteiger partial charge in [-0.15, -0.1) is 0 Å². The van der Waals surface area contributed by atoms with Crippen LogP contribution in [0.15, 0.2) is 36.7 Å². The molecule has 0 atom stereocenters. The van der Waals surface area contributed by atoms with Crippen LogP contribution in [-0.2, 0) is 0 Å². The molecule has 0 radical (unpaired) electrons. The molecule has 1 aromatic carbocycles. The lowest BCUT2D eigenvalue weighted by Crippen LogP contribution is -1.91. The van der Waals surface area contributed by atoms with Crippen LogP contribution in [0.2, 0.25) is 0 Å². The molecule has 0 fully saturated rings. The van der Waals surface area contributed by atoms with Crippen molar-refractivity contribution in [1.29, 1.82) is 0 Å². The second-order valence-corrected chi connectivity index (χ2v) is 3.55. The van der Waals surface area contributed by atoms with E-state index in [0.29, 0.717) is 17.4 Å². The van der Waals surface area contributed by atoms with E-state index < -0.39 is 5.82 Å². The Kier molecular flexibility index (Phi) is 2.77. The van der Waals surface area contributed by atoms with Crippen LogP contribution in [-0.4, -0.2) is 11.3 Å². The molecule has 16 heavy (non-hydrogen) atoms. The average molecular weight is 215 g/mol. The van der Waals surface area contributed by atoms with Crippen molar-refractivity contribution >= 4 is 6.29 Å². The predicted octanol–water partition coefficient (Wildman–Crippen LogP) is 3.01. The normalized spacial score (nSPS) is 10.1. The van der Waals surface area contributed by atoms with Crippen LogP contribution in [0.4, 0.5) is 4.39 Å². The third-order valence-electron chi connectivity index (χ3n) is 2.46. The Morgan fingerprint density at radius 2 is 2.06 bits per heavy atom. The fraction of sp³-hybridized carbons (Fsp3) is 0.0769. The van der Waals surface area contributed by atoms with Crippen LogP contribution in [0.3, 0.4) is 0 Å². The van der Waals surface area contributed by atoms with E-state index in [4.69, 9.17) is 0 Å². The van der Waals surface area contributed by atoms with E-state index in [1.54, 1.807) is 24.5 Å². The first-order valence-electron chi connectivity index (χ1n) is 4.88. The van der Waals surface area contributed by atoms with E-state index in [1.165, 1.54) is 6.07 Å². The Morgan fingerprint density at radius 1 is 1.25 bits per heavy atom. The molecule has 80 valence electrons. The number of hydrogen-bond donors (Lipinski definition) is 0. The van der Waals surface area contributed by atoms with Gasteiger partial charge in [0, 0.05) is 29.1 Å². The van der Waals surface area contributed by atoms with E-state index in [-0.39, 0.29) is 0 Å². The molecule has 0 N–H and O–H groups in total. The van der Waals surface area contributed by atoms with Crippen LogP contribution < -0.4 is 0 Å². The lowest BCUT2D eigenvalue weighted by atomic mass is 10.0. The lowest BCUT2D eigenvalue weighted by Gasteiger charge is -2.06. The highest BCUT2D eigenvalue weighted by molar-refractivity contribution is 5.77. The topological polar surface area (TPSA) is 30.0 Å². The Morgan fingerprint density at radius 3 is 2.69 bits per heavy atom. The summed E-state index contributed by atoms with van der Waals surface area (Å²) in [4.78, 5) is 14.5. The first kappa shape index (κ1) is 10.5. The number of aryl methyl sites for hydroxylation is 1. The van der Waals surface area contributed by atoms with Crippen molar-refractivity contribution in [1.82, 2.24) is 4.98 Å². The van der Waals surface area contributed by atoms with Crippen LogP contribution in [0.5, 0.6) is 0 Å². The van der Waals surface area contributed by atoms with Gasteiger partial charge in [0.15, 0.2) is 0 Å². The summed E-state index contributed by atoms with van der Waals surface area (Å²) < 4.78 is 13.7. The van der Waals surface area contributed by atoms with Gasteiger partial charge in [0.2, 0.25) is 0 Å². The molecule has 0 aliphatic carbocycles. The van der Waals surface area contributed by atoms with Gasteiger partial charge in [0.05, 0.1) is 0 Å². The van der Waals surface area contributed by atoms with Gasteiger partial charge >= 0.3 is 0 Å². The van der Waals surface area contributed by atoms with Crippen molar-refractivity contribution in [3.05, 3.63) is 53.6 Å². The lowest BCUT2D eigenvalue weighted by molar-refractivity contribution is 0.112. The molecule has 1 heterocycles. The zero-order valence-electron chi connectivity index (χ0n) is 8.77. The monoisotopic (exact) mass is 215 g/mol. The average Bonchev–Trinajstić information content (AvgIpc) is 2.30. The zero-order chi connectivity index (χ0) is 11.5. The number of aldehydes is 1. The maximum Gasteiger partial charge on any atom is 0.150 e. The molecule has 0 bridgehead atoms.